The molecule has 7 heteroatoms. The Hall–Kier alpha value is -2.64. The average Bonchev–Trinajstić information content (AvgIpc) is 2.64. The summed E-state index contributed by atoms with van der Waals surface area (Å²) in [6.45, 7) is 0. The number of ether oxygens (including phenoxy) is 4. The van der Waals surface area contributed by atoms with E-state index in [-0.39, 0.29) is 5.46 Å². The first-order valence-corrected chi connectivity index (χ1v) is 7.56. The fourth-order valence-electron chi connectivity index (χ4n) is 2.51. The highest BCUT2D eigenvalue weighted by atomic mass is 16.5. The second-order valence-corrected chi connectivity index (χ2v) is 5.13. The number of benzene rings is 2. The van der Waals surface area contributed by atoms with Crippen LogP contribution < -0.4 is 24.4 Å². The third-order valence-electron chi connectivity index (χ3n) is 3.74. The summed E-state index contributed by atoms with van der Waals surface area (Å²) in [4.78, 5) is 0. The molecule has 0 spiro atoms. The van der Waals surface area contributed by atoms with E-state index in [1.807, 2.05) is 12.2 Å². The van der Waals surface area contributed by atoms with Gasteiger partial charge in [0.05, 0.1) is 34.0 Å². The van der Waals surface area contributed by atoms with Gasteiger partial charge in [-0.2, -0.15) is 0 Å². The van der Waals surface area contributed by atoms with Crippen LogP contribution in [0.3, 0.4) is 0 Å². The van der Waals surface area contributed by atoms with Gasteiger partial charge >= 0.3 is 7.12 Å². The monoisotopic (exact) mass is 344 g/mol. The van der Waals surface area contributed by atoms with Gasteiger partial charge in [-0.15, -0.1) is 0 Å². The normalized spacial score (nSPS) is 10.6. The van der Waals surface area contributed by atoms with Crippen molar-refractivity contribution >= 4 is 24.7 Å². The van der Waals surface area contributed by atoms with E-state index >= 15 is 0 Å². The van der Waals surface area contributed by atoms with Crippen LogP contribution in [0.25, 0.3) is 12.2 Å². The lowest BCUT2D eigenvalue weighted by atomic mass is 9.78. The molecule has 0 amide bonds. The Balaban J connectivity index is 2.47. The van der Waals surface area contributed by atoms with Gasteiger partial charge in [-0.3, -0.25) is 0 Å². The molecule has 0 atom stereocenters. The van der Waals surface area contributed by atoms with Crippen molar-refractivity contribution in [2.24, 2.45) is 0 Å². The van der Waals surface area contributed by atoms with Crippen LogP contribution in [0, 0.1) is 0 Å². The van der Waals surface area contributed by atoms with Crippen molar-refractivity contribution in [2.75, 3.05) is 28.4 Å². The molecule has 0 bridgehead atoms. The first-order chi connectivity index (χ1) is 12.0. The van der Waals surface area contributed by atoms with Crippen molar-refractivity contribution in [2.45, 2.75) is 0 Å². The summed E-state index contributed by atoms with van der Waals surface area (Å²) in [5, 5.41) is 18.9. The molecule has 2 N–H and O–H groups in total. The molecule has 0 heterocycles. The fourth-order valence-corrected chi connectivity index (χ4v) is 2.51. The zero-order chi connectivity index (χ0) is 18.4. The largest absolute Gasteiger partial charge is 0.497 e. The van der Waals surface area contributed by atoms with Crippen LogP contribution in [0.15, 0.2) is 30.3 Å². The van der Waals surface area contributed by atoms with E-state index in [1.54, 1.807) is 51.7 Å². The minimum atomic E-state index is -1.62. The number of rotatable bonds is 7. The smallest absolute Gasteiger partial charge is 0.492 e. The van der Waals surface area contributed by atoms with Crippen LogP contribution in [0.5, 0.6) is 23.0 Å². The van der Waals surface area contributed by atoms with Gasteiger partial charge in [-0.25, -0.2) is 0 Å². The van der Waals surface area contributed by atoms with E-state index in [2.05, 4.69) is 0 Å². The molecule has 0 fully saturated rings. The summed E-state index contributed by atoms with van der Waals surface area (Å²) in [6.07, 6.45) is 3.63. The zero-order valence-corrected chi connectivity index (χ0v) is 14.6. The highest BCUT2D eigenvalue weighted by Crippen LogP contribution is 2.38. The molecule has 2 rings (SSSR count). The Morgan fingerprint density at radius 1 is 0.760 bits per heavy atom. The predicted octanol–water partition coefficient (Wildman–Crippen LogP) is 1.57. The van der Waals surface area contributed by atoms with Crippen molar-refractivity contribution in [3.8, 4) is 23.0 Å². The van der Waals surface area contributed by atoms with Crippen LogP contribution in [-0.4, -0.2) is 45.6 Å². The van der Waals surface area contributed by atoms with E-state index in [0.29, 0.717) is 28.6 Å². The first kappa shape index (κ1) is 18.7. The van der Waals surface area contributed by atoms with Crippen molar-refractivity contribution in [3.63, 3.8) is 0 Å². The number of hydrogen-bond donors (Lipinski definition) is 2. The molecule has 6 nitrogen and oxygen atoms in total. The van der Waals surface area contributed by atoms with Crippen LogP contribution in [0.2, 0.25) is 0 Å². The summed E-state index contributed by atoms with van der Waals surface area (Å²) in [7, 11) is 4.55. The van der Waals surface area contributed by atoms with Gasteiger partial charge in [-0.1, -0.05) is 18.2 Å². The Morgan fingerprint density at radius 2 is 1.36 bits per heavy atom. The summed E-state index contributed by atoms with van der Waals surface area (Å²) in [5.74, 6) is 2.17. The van der Waals surface area contributed by atoms with Gasteiger partial charge in [0.1, 0.15) is 11.5 Å². The van der Waals surface area contributed by atoms with Gasteiger partial charge in [0.2, 0.25) is 0 Å². The molecule has 132 valence electrons. The fraction of sp³-hybridized carbons (Fsp3) is 0.222. The number of methoxy groups -OCH3 is 4. The lowest BCUT2D eigenvalue weighted by molar-refractivity contribution is 0.348. The van der Waals surface area contributed by atoms with Crippen molar-refractivity contribution in [1.82, 2.24) is 0 Å². The van der Waals surface area contributed by atoms with Crippen molar-refractivity contribution < 1.29 is 29.0 Å². The number of hydrogen-bond acceptors (Lipinski definition) is 6. The molecule has 2 aromatic rings. The topological polar surface area (TPSA) is 77.4 Å². The SMILES string of the molecule is COc1ccc(/C=C/c2c(OC)ccc(OC)c2OC)cc1B(O)O. The zero-order valence-electron chi connectivity index (χ0n) is 14.6. The minimum absolute atomic E-state index is 0.286. The van der Waals surface area contributed by atoms with Crippen LogP contribution in [0.1, 0.15) is 11.1 Å². The maximum absolute atomic E-state index is 9.47. The van der Waals surface area contributed by atoms with Gasteiger partial charge in [-0.05, 0) is 29.8 Å². The van der Waals surface area contributed by atoms with E-state index in [9.17, 15) is 10.0 Å². The molecule has 0 unspecified atom stereocenters. The van der Waals surface area contributed by atoms with Gasteiger partial charge in [0, 0.05) is 5.46 Å². The third kappa shape index (κ3) is 4.07. The molecule has 0 aliphatic rings. The summed E-state index contributed by atoms with van der Waals surface area (Å²) >= 11 is 0. The Kier molecular flexibility index (Phi) is 6.33. The molecular weight excluding hydrogens is 323 g/mol. The molecule has 0 aliphatic heterocycles. The Morgan fingerprint density at radius 3 is 1.92 bits per heavy atom. The lowest BCUT2D eigenvalue weighted by Crippen LogP contribution is -2.31. The van der Waals surface area contributed by atoms with E-state index < -0.39 is 7.12 Å². The van der Waals surface area contributed by atoms with Crippen LogP contribution in [-0.2, 0) is 0 Å². The first-order valence-electron chi connectivity index (χ1n) is 7.56. The van der Waals surface area contributed by atoms with Crippen LogP contribution >= 0.6 is 0 Å². The maximum atomic E-state index is 9.47. The van der Waals surface area contributed by atoms with E-state index in [4.69, 9.17) is 18.9 Å². The van der Waals surface area contributed by atoms with Crippen molar-refractivity contribution in [1.29, 1.82) is 0 Å². The molecule has 0 aliphatic carbocycles. The maximum Gasteiger partial charge on any atom is 0.492 e. The Bertz CT molecular complexity index is 757. The summed E-state index contributed by atoms with van der Waals surface area (Å²) in [5.41, 5.74) is 1.76. The standard InChI is InChI=1S/C18H21BO6/c1-22-15-9-10-17(24-3)18(25-4)13(15)7-5-12-6-8-16(23-2)14(11-12)19(20)21/h5-11,20-21H,1-4H3/b7-5+. The highest BCUT2D eigenvalue weighted by molar-refractivity contribution is 6.59. The molecule has 0 saturated heterocycles. The lowest BCUT2D eigenvalue weighted by Gasteiger charge is -2.14. The van der Waals surface area contributed by atoms with Gasteiger partial charge < -0.3 is 29.0 Å². The molecule has 0 aromatic heterocycles. The third-order valence-corrected chi connectivity index (χ3v) is 3.74. The molecule has 0 saturated carbocycles. The minimum Gasteiger partial charge on any atom is -0.497 e. The second-order valence-electron chi connectivity index (χ2n) is 5.13. The second kappa shape index (κ2) is 8.46. The van der Waals surface area contributed by atoms with Gasteiger partial charge in [0.25, 0.3) is 0 Å². The molecule has 25 heavy (non-hydrogen) atoms. The predicted molar refractivity (Wildman–Crippen MR) is 97.8 cm³/mol. The quantitative estimate of drug-likeness (QED) is 0.587. The van der Waals surface area contributed by atoms with Crippen LogP contribution in [0.4, 0.5) is 0 Å². The van der Waals surface area contributed by atoms with Gasteiger partial charge in [0.15, 0.2) is 11.5 Å². The summed E-state index contributed by atoms with van der Waals surface area (Å²) in [6, 6.07) is 8.68. The Labute approximate surface area is 147 Å². The summed E-state index contributed by atoms with van der Waals surface area (Å²) < 4.78 is 21.3. The van der Waals surface area contributed by atoms with Crippen molar-refractivity contribution in [3.05, 3.63) is 41.5 Å². The molecule has 2 aromatic carbocycles. The molecular formula is C18H21BO6. The van der Waals surface area contributed by atoms with E-state index in [0.717, 1.165) is 5.56 Å². The molecule has 0 radical (unpaired) electrons. The highest BCUT2D eigenvalue weighted by Gasteiger charge is 2.17. The van der Waals surface area contributed by atoms with E-state index in [1.165, 1.54) is 7.11 Å². The average molecular weight is 344 g/mol.